The van der Waals surface area contributed by atoms with Crippen molar-refractivity contribution in [3.63, 3.8) is 0 Å². The summed E-state index contributed by atoms with van der Waals surface area (Å²) in [6.07, 6.45) is 5.66. The monoisotopic (exact) mass is 531 g/mol. The average molecular weight is 532 g/mol. The van der Waals surface area contributed by atoms with Crippen LogP contribution in [0.1, 0.15) is 43.0 Å². The first kappa shape index (κ1) is 25.8. The summed E-state index contributed by atoms with van der Waals surface area (Å²) in [5, 5.41) is 3.05. The minimum absolute atomic E-state index is 0.0849. The number of carbonyl (C=O) groups excluding carboxylic acids is 1. The molecule has 9 nitrogen and oxygen atoms in total. The predicted octanol–water partition coefficient (Wildman–Crippen LogP) is 3.81. The van der Waals surface area contributed by atoms with Gasteiger partial charge in [0.25, 0.3) is 11.9 Å². The van der Waals surface area contributed by atoms with Crippen LogP contribution in [0.25, 0.3) is 22.6 Å². The fraction of sp³-hybridized carbons (Fsp3) is 0.400. The first-order chi connectivity index (χ1) is 18.2. The number of amides is 1. The van der Waals surface area contributed by atoms with E-state index in [1.54, 1.807) is 0 Å². The number of pyridine rings is 2. The molecule has 1 aliphatic carbocycles. The zero-order valence-corrected chi connectivity index (χ0v) is 20.4. The van der Waals surface area contributed by atoms with Crippen LogP contribution in [-0.2, 0) is 0 Å². The van der Waals surface area contributed by atoms with Gasteiger partial charge in [-0.2, -0.15) is 13.2 Å². The third-order valence-electron chi connectivity index (χ3n) is 7.16. The molecule has 2 saturated heterocycles. The van der Waals surface area contributed by atoms with Crippen molar-refractivity contribution in [3.8, 4) is 28.5 Å². The molecule has 6 rings (SSSR count). The van der Waals surface area contributed by atoms with Gasteiger partial charge in [-0.3, -0.25) is 9.69 Å². The molecule has 0 aromatic carbocycles. The lowest BCUT2D eigenvalue weighted by Gasteiger charge is -2.53. The number of nitrogen functional groups attached to an aromatic ring is 1. The highest BCUT2D eigenvalue weighted by Gasteiger charge is 2.45. The number of likely N-dealkylation sites (N-methyl/N-ethyl adjacent to an activating group) is 1. The van der Waals surface area contributed by atoms with E-state index in [1.807, 2.05) is 0 Å². The molecule has 3 aliphatic rings. The van der Waals surface area contributed by atoms with Crippen molar-refractivity contribution < 1.29 is 27.1 Å². The first-order valence-corrected chi connectivity index (χ1v) is 12.1. The van der Waals surface area contributed by atoms with Gasteiger partial charge in [-0.05, 0) is 44.4 Å². The molecule has 3 N–H and O–H groups in total. The highest BCUT2D eigenvalue weighted by atomic mass is 19.3. The molecule has 0 spiro atoms. The summed E-state index contributed by atoms with van der Waals surface area (Å²) < 4.78 is 59.2. The van der Waals surface area contributed by atoms with Gasteiger partial charge in [-0.15, -0.1) is 0 Å². The highest BCUT2D eigenvalue weighted by molar-refractivity contribution is 5.97. The molecule has 0 atom stereocenters. The number of hydrogen-bond donors (Lipinski definition) is 2. The number of halogens is 4. The maximum Gasteiger partial charge on any atom is 0.388 e. The molecule has 0 unspecified atom stereocenters. The van der Waals surface area contributed by atoms with E-state index in [1.165, 1.54) is 24.4 Å². The van der Waals surface area contributed by atoms with Crippen molar-refractivity contribution in [1.29, 1.82) is 0 Å². The van der Waals surface area contributed by atoms with E-state index in [0.717, 1.165) is 38.4 Å². The number of ether oxygens (including phenoxy) is 1. The van der Waals surface area contributed by atoms with Crippen LogP contribution >= 0.6 is 0 Å². The number of nitrogens with one attached hydrogen (secondary N) is 1. The Labute approximate surface area is 215 Å². The summed E-state index contributed by atoms with van der Waals surface area (Å²) in [6, 6.07) is 4.29. The van der Waals surface area contributed by atoms with E-state index in [-0.39, 0.29) is 28.4 Å². The number of anilines is 1. The van der Waals surface area contributed by atoms with Gasteiger partial charge in [-0.25, -0.2) is 24.3 Å². The summed E-state index contributed by atoms with van der Waals surface area (Å²) in [5.74, 6) is -3.59. The lowest BCUT2D eigenvalue weighted by molar-refractivity contribution is -0.0528. The third-order valence-corrected chi connectivity index (χ3v) is 7.16. The van der Waals surface area contributed by atoms with E-state index in [2.05, 4.69) is 41.8 Å². The maximum atomic E-state index is 15.8. The van der Waals surface area contributed by atoms with E-state index in [4.69, 9.17) is 5.73 Å². The van der Waals surface area contributed by atoms with Crippen molar-refractivity contribution >= 4 is 11.7 Å². The van der Waals surface area contributed by atoms with E-state index < -0.39 is 41.3 Å². The SMILES string of the molecule is CCN1CC2(NC(=O)c3cc(-c4ccc(OC(F)F)nc4)nc(-c4cnc(N)c(F)n4)c3F)CCC1CC2. The zero-order valence-electron chi connectivity index (χ0n) is 20.4. The molecule has 13 heteroatoms. The number of alkyl halides is 2. The number of fused-ring (bicyclic) bond motifs is 3. The highest BCUT2D eigenvalue weighted by Crippen LogP contribution is 2.38. The lowest BCUT2D eigenvalue weighted by Crippen LogP contribution is -2.65. The molecule has 3 aromatic heterocycles. The van der Waals surface area contributed by atoms with Gasteiger partial charge >= 0.3 is 6.61 Å². The summed E-state index contributed by atoms with van der Waals surface area (Å²) in [7, 11) is 0. The maximum absolute atomic E-state index is 15.8. The van der Waals surface area contributed by atoms with Crippen LogP contribution in [0.15, 0.2) is 30.6 Å². The van der Waals surface area contributed by atoms with Crippen LogP contribution in [-0.4, -0.2) is 62.0 Å². The average Bonchev–Trinajstić information content (AvgIpc) is 2.91. The van der Waals surface area contributed by atoms with Crippen LogP contribution in [0.3, 0.4) is 0 Å². The second-order valence-corrected chi connectivity index (χ2v) is 9.44. The quantitative estimate of drug-likeness (QED) is 0.442. The number of hydrogen-bond acceptors (Lipinski definition) is 8. The van der Waals surface area contributed by atoms with Crippen LogP contribution in [0.4, 0.5) is 23.4 Å². The number of nitrogens with two attached hydrogens (primary N) is 1. The van der Waals surface area contributed by atoms with Gasteiger partial charge in [0.05, 0.1) is 23.0 Å². The Morgan fingerprint density at radius 1 is 1.18 bits per heavy atom. The topological polar surface area (TPSA) is 119 Å². The molecule has 1 saturated carbocycles. The molecule has 3 fully saturated rings. The second kappa shape index (κ2) is 10.1. The van der Waals surface area contributed by atoms with Crippen molar-refractivity contribution in [1.82, 2.24) is 30.2 Å². The Kier molecular flexibility index (Phi) is 6.86. The minimum atomic E-state index is -3.06. The molecule has 5 heterocycles. The largest absolute Gasteiger partial charge is 0.417 e. The molecule has 200 valence electrons. The zero-order chi connectivity index (χ0) is 27.0. The van der Waals surface area contributed by atoms with E-state index in [9.17, 15) is 18.0 Å². The van der Waals surface area contributed by atoms with Crippen LogP contribution in [0.2, 0.25) is 0 Å². The van der Waals surface area contributed by atoms with Crippen molar-refractivity contribution in [3.05, 3.63) is 47.9 Å². The van der Waals surface area contributed by atoms with E-state index in [0.29, 0.717) is 12.6 Å². The summed E-state index contributed by atoms with van der Waals surface area (Å²) >= 11 is 0. The lowest BCUT2D eigenvalue weighted by atomic mass is 9.73. The summed E-state index contributed by atoms with van der Waals surface area (Å²) in [5.41, 5.74) is 4.24. The van der Waals surface area contributed by atoms with Gasteiger partial charge in [-0.1, -0.05) is 6.92 Å². The van der Waals surface area contributed by atoms with E-state index >= 15 is 4.39 Å². The van der Waals surface area contributed by atoms with Crippen LogP contribution in [0.5, 0.6) is 5.88 Å². The molecule has 0 radical (unpaired) electrons. The van der Waals surface area contributed by atoms with Crippen molar-refractivity contribution in [2.24, 2.45) is 0 Å². The van der Waals surface area contributed by atoms with Gasteiger partial charge in [0.2, 0.25) is 5.88 Å². The normalized spacial score (nSPS) is 21.1. The smallest absolute Gasteiger partial charge is 0.388 e. The second-order valence-electron chi connectivity index (χ2n) is 9.44. The summed E-state index contributed by atoms with van der Waals surface area (Å²) in [4.78, 5) is 31.2. The Morgan fingerprint density at radius 3 is 2.58 bits per heavy atom. The number of aromatic nitrogens is 4. The fourth-order valence-electron chi connectivity index (χ4n) is 5.23. The van der Waals surface area contributed by atoms with Gasteiger partial charge in [0, 0.05) is 30.4 Å². The Balaban J connectivity index is 1.55. The number of nitrogens with zero attached hydrogens (tertiary/aromatic N) is 5. The van der Waals surface area contributed by atoms with Crippen LogP contribution < -0.4 is 15.8 Å². The van der Waals surface area contributed by atoms with Crippen LogP contribution in [0, 0.1) is 11.8 Å². The predicted molar refractivity (Wildman–Crippen MR) is 129 cm³/mol. The molecule has 3 aromatic rings. The first-order valence-electron chi connectivity index (χ1n) is 12.1. The Bertz CT molecular complexity index is 1350. The summed E-state index contributed by atoms with van der Waals surface area (Å²) in [6.45, 7) is 0.516. The molecular weight excluding hydrogens is 506 g/mol. The standard InChI is InChI=1S/C25H25F4N7O2/c1-2-36-12-25(7-5-14(36)6-8-25)35-23(37)15-9-16(13-3-4-18(31-10-13)38-24(28)29)33-20(19(15)26)17-11-32-22(30)21(27)34-17/h3-4,9-11,14,24H,2,5-8,12H2,1H3,(H2,30,32)(H,35,37). The van der Waals surface area contributed by atoms with Gasteiger partial charge in [0.15, 0.2) is 11.6 Å². The third kappa shape index (κ3) is 4.97. The number of piperidine rings is 2. The Hall–Kier alpha value is -3.87. The van der Waals surface area contributed by atoms with Gasteiger partial charge < -0.3 is 15.8 Å². The van der Waals surface area contributed by atoms with Gasteiger partial charge in [0.1, 0.15) is 11.4 Å². The molecule has 38 heavy (non-hydrogen) atoms. The van der Waals surface area contributed by atoms with Crippen molar-refractivity contribution in [2.45, 2.75) is 50.8 Å². The molecular formula is C25H25F4N7O2. The fourth-order valence-corrected chi connectivity index (χ4v) is 5.23. The minimum Gasteiger partial charge on any atom is -0.417 e. The van der Waals surface area contributed by atoms with Crippen molar-refractivity contribution in [2.75, 3.05) is 18.8 Å². The molecule has 1 amide bonds. The molecule has 2 aliphatic heterocycles. The Morgan fingerprint density at radius 2 is 1.95 bits per heavy atom. The number of carbonyl (C=O) groups is 1. The molecule has 2 bridgehead atoms. The number of rotatable bonds is 7.